The van der Waals surface area contributed by atoms with Crippen LogP contribution in [0.4, 0.5) is 17.1 Å². The Hall–Kier alpha value is -6.20. The number of hydrogen-bond donors (Lipinski definition) is 0. The van der Waals surface area contributed by atoms with Gasteiger partial charge in [-0.25, -0.2) is 0 Å². The number of benzene rings is 8. The van der Waals surface area contributed by atoms with Crippen LogP contribution in [0.15, 0.2) is 180 Å². The second-order valence-electron chi connectivity index (χ2n) is 13.2. The molecule has 0 amide bonds. The number of hydrogen-bond acceptors (Lipinski definition) is 4. The molecule has 2 nitrogen and oxygen atoms in total. The van der Waals surface area contributed by atoms with E-state index in [-0.39, 0.29) is 0 Å². The second-order valence-corrected chi connectivity index (χ2v) is 15.3. The molecule has 0 saturated carbocycles. The first-order chi connectivity index (χ1) is 25.8. The van der Waals surface area contributed by atoms with Crippen molar-refractivity contribution in [2.75, 3.05) is 4.90 Å². The number of fused-ring (bicyclic) bond motifs is 9. The number of para-hydroxylation sites is 2. The summed E-state index contributed by atoms with van der Waals surface area (Å²) in [5.41, 5.74) is 9.93. The van der Waals surface area contributed by atoms with E-state index in [1.807, 2.05) is 34.8 Å². The van der Waals surface area contributed by atoms with Crippen LogP contribution in [0.25, 0.3) is 84.5 Å². The third kappa shape index (κ3) is 4.55. The summed E-state index contributed by atoms with van der Waals surface area (Å²) in [4.78, 5) is 2.41. The highest BCUT2D eigenvalue weighted by Crippen LogP contribution is 2.46. The summed E-state index contributed by atoms with van der Waals surface area (Å²) in [6.07, 6.45) is 0. The highest BCUT2D eigenvalue weighted by molar-refractivity contribution is 7.26. The van der Waals surface area contributed by atoms with Gasteiger partial charge in [0.25, 0.3) is 0 Å². The van der Waals surface area contributed by atoms with Crippen LogP contribution in [0, 0.1) is 0 Å². The molecule has 0 bridgehead atoms. The number of thiophene rings is 2. The van der Waals surface area contributed by atoms with Gasteiger partial charge in [0.2, 0.25) is 0 Å². The van der Waals surface area contributed by atoms with E-state index in [0.717, 1.165) is 44.4 Å². The summed E-state index contributed by atoms with van der Waals surface area (Å²) < 4.78 is 11.6. The van der Waals surface area contributed by atoms with Gasteiger partial charge in [-0.1, -0.05) is 127 Å². The summed E-state index contributed by atoms with van der Waals surface area (Å²) in [5.74, 6) is 0. The Morgan fingerprint density at radius 2 is 0.865 bits per heavy atom. The SMILES string of the molecule is c1ccc2c(c1)oc1c(-c3ccc(N(c4ccc(-c5cccc6c5sc5ccccc56)cc4)c4cccc5c4sc4ccccc45)cc3)cccc12. The van der Waals surface area contributed by atoms with Crippen molar-refractivity contribution in [3.8, 4) is 22.3 Å². The Bertz CT molecular complexity index is 2970. The fourth-order valence-corrected chi connectivity index (χ4v) is 10.3. The summed E-state index contributed by atoms with van der Waals surface area (Å²) in [6.45, 7) is 0. The molecule has 244 valence electrons. The number of anilines is 3. The third-order valence-corrected chi connectivity index (χ3v) is 12.7. The first kappa shape index (κ1) is 29.5. The zero-order valence-electron chi connectivity index (χ0n) is 27.9. The first-order valence-electron chi connectivity index (χ1n) is 17.5. The van der Waals surface area contributed by atoms with Crippen LogP contribution in [-0.4, -0.2) is 0 Å². The fourth-order valence-electron chi connectivity index (χ4n) is 7.86. The highest BCUT2D eigenvalue weighted by Gasteiger charge is 2.20. The van der Waals surface area contributed by atoms with Gasteiger partial charge < -0.3 is 9.32 Å². The van der Waals surface area contributed by atoms with Gasteiger partial charge in [0.05, 0.1) is 10.4 Å². The molecule has 0 aliphatic carbocycles. The van der Waals surface area contributed by atoms with Crippen LogP contribution < -0.4 is 4.90 Å². The zero-order chi connectivity index (χ0) is 34.2. The van der Waals surface area contributed by atoms with Gasteiger partial charge in [-0.15, -0.1) is 22.7 Å². The van der Waals surface area contributed by atoms with Gasteiger partial charge >= 0.3 is 0 Å². The fraction of sp³-hybridized carbons (Fsp3) is 0. The Morgan fingerprint density at radius 3 is 1.56 bits per heavy atom. The Kier molecular flexibility index (Phi) is 6.63. The molecule has 0 radical (unpaired) electrons. The quantitative estimate of drug-likeness (QED) is 0.178. The minimum Gasteiger partial charge on any atom is -0.455 e. The van der Waals surface area contributed by atoms with Gasteiger partial charge in [-0.3, -0.25) is 0 Å². The van der Waals surface area contributed by atoms with Crippen LogP contribution in [0.2, 0.25) is 0 Å². The lowest BCUT2D eigenvalue weighted by atomic mass is 10.0. The number of rotatable bonds is 5. The van der Waals surface area contributed by atoms with E-state index < -0.39 is 0 Å². The van der Waals surface area contributed by atoms with Crippen LogP contribution >= 0.6 is 22.7 Å². The largest absolute Gasteiger partial charge is 0.455 e. The van der Waals surface area contributed by atoms with E-state index in [2.05, 4.69) is 169 Å². The molecule has 11 rings (SSSR count). The summed E-state index contributed by atoms with van der Waals surface area (Å²) in [7, 11) is 0. The normalized spacial score (nSPS) is 11.8. The molecule has 0 atom stereocenters. The molecule has 4 heteroatoms. The Morgan fingerprint density at radius 1 is 0.365 bits per heavy atom. The molecule has 0 spiro atoms. The molecule has 11 aromatic rings. The lowest BCUT2D eigenvalue weighted by Crippen LogP contribution is -2.10. The average Bonchev–Trinajstić information content (AvgIpc) is 3.90. The molecule has 52 heavy (non-hydrogen) atoms. The summed E-state index contributed by atoms with van der Waals surface area (Å²) in [5, 5.41) is 7.50. The molecule has 0 aliphatic rings. The molecule has 0 unspecified atom stereocenters. The van der Waals surface area contributed by atoms with Crippen LogP contribution in [0.3, 0.4) is 0 Å². The van der Waals surface area contributed by atoms with E-state index in [1.54, 1.807) is 0 Å². The molecule has 8 aromatic carbocycles. The Balaban J connectivity index is 1.06. The maximum Gasteiger partial charge on any atom is 0.143 e. The number of nitrogens with zero attached hydrogens (tertiary/aromatic N) is 1. The van der Waals surface area contributed by atoms with E-state index in [1.165, 1.54) is 57.2 Å². The van der Waals surface area contributed by atoms with Crippen molar-refractivity contribution in [3.63, 3.8) is 0 Å². The molecule has 0 fully saturated rings. The average molecular weight is 700 g/mol. The molecule has 0 saturated heterocycles. The Labute approximate surface area is 308 Å². The lowest BCUT2D eigenvalue weighted by molar-refractivity contribution is 0.670. The summed E-state index contributed by atoms with van der Waals surface area (Å²) >= 11 is 3.74. The van der Waals surface area contributed by atoms with Gasteiger partial charge in [0.15, 0.2) is 0 Å². The molecule has 0 aliphatic heterocycles. The standard InChI is InChI=1S/C48H29NOS2/c1-4-19-43-36(10-1)39-15-7-13-34(46(39)50-43)30-22-26-32(27-23-30)49(42-18-9-17-41-38-12-3-6-21-45(38)52-48(41)42)33-28-24-31(25-29-33)35-14-8-16-40-37-11-2-5-20-44(37)51-47(35)40/h1-29H. The van der Waals surface area contributed by atoms with Crippen molar-refractivity contribution in [3.05, 3.63) is 176 Å². The maximum atomic E-state index is 6.41. The smallest absolute Gasteiger partial charge is 0.143 e. The van der Waals surface area contributed by atoms with Crippen molar-refractivity contribution >= 4 is 102 Å². The van der Waals surface area contributed by atoms with Gasteiger partial charge in [0.1, 0.15) is 11.2 Å². The van der Waals surface area contributed by atoms with E-state index in [4.69, 9.17) is 4.42 Å². The summed E-state index contributed by atoms with van der Waals surface area (Å²) in [6, 6.07) is 63.6. The first-order valence-corrected chi connectivity index (χ1v) is 19.1. The van der Waals surface area contributed by atoms with Gasteiger partial charge in [0, 0.05) is 63.4 Å². The van der Waals surface area contributed by atoms with Gasteiger partial charge in [-0.2, -0.15) is 0 Å². The molecule has 3 heterocycles. The van der Waals surface area contributed by atoms with E-state index in [9.17, 15) is 0 Å². The van der Waals surface area contributed by atoms with E-state index >= 15 is 0 Å². The topological polar surface area (TPSA) is 16.4 Å². The predicted molar refractivity (Wildman–Crippen MR) is 225 cm³/mol. The van der Waals surface area contributed by atoms with Crippen molar-refractivity contribution in [2.45, 2.75) is 0 Å². The highest BCUT2D eigenvalue weighted by atomic mass is 32.1. The van der Waals surface area contributed by atoms with Crippen LogP contribution in [0.1, 0.15) is 0 Å². The van der Waals surface area contributed by atoms with Gasteiger partial charge in [-0.05, 0) is 65.2 Å². The minimum absolute atomic E-state index is 0.913. The second kappa shape index (κ2) is 11.7. The molecular formula is C48H29NOS2. The molecular weight excluding hydrogens is 671 g/mol. The lowest BCUT2D eigenvalue weighted by Gasteiger charge is -2.26. The van der Waals surface area contributed by atoms with E-state index in [0.29, 0.717) is 0 Å². The number of furan rings is 1. The monoisotopic (exact) mass is 699 g/mol. The molecule has 3 aromatic heterocycles. The van der Waals surface area contributed by atoms with Crippen molar-refractivity contribution in [1.29, 1.82) is 0 Å². The van der Waals surface area contributed by atoms with Crippen LogP contribution in [0.5, 0.6) is 0 Å². The third-order valence-electron chi connectivity index (χ3n) is 10.3. The van der Waals surface area contributed by atoms with Crippen molar-refractivity contribution in [1.82, 2.24) is 0 Å². The van der Waals surface area contributed by atoms with Crippen molar-refractivity contribution < 1.29 is 4.42 Å². The minimum atomic E-state index is 0.913. The predicted octanol–water partition coefficient (Wildman–Crippen LogP) is 15.1. The molecule has 0 N–H and O–H groups in total. The zero-order valence-corrected chi connectivity index (χ0v) is 29.5. The maximum absolute atomic E-state index is 6.41. The van der Waals surface area contributed by atoms with Crippen LogP contribution in [-0.2, 0) is 0 Å². The van der Waals surface area contributed by atoms with Crippen molar-refractivity contribution in [2.24, 2.45) is 0 Å².